The van der Waals surface area contributed by atoms with Gasteiger partial charge in [0, 0.05) is 36.6 Å². The molecule has 0 aromatic heterocycles. The molecule has 2 fully saturated rings. The molecular formula is C27H26ClFN2O2. The molecule has 1 saturated heterocycles. The highest BCUT2D eigenvalue weighted by molar-refractivity contribution is 6.30. The average molecular weight is 465 g/mol. The van der Waals surface area contributed by atoms with Crippen molar-refractivity contribution in [3.05, 3.63) is 101 Å². The van der Waals surface area contributed by atoms with Gasteiger partial charge in [-0.05, 0) is 60.4 Å². The number of hydrogen-bond donors (Lipinski definition) is 0. The highest BCUT2D eigenvalue weighted by Crippen LogP contribution is 2.39. The van der Waals surface area contributed by atoms with Crippen molar-refractivity contribution in [1.82, 2.24) is 9.80 Å². The molecule has 1 aliphatic carbocycles. The number of carbonyl (C=O) groups excluding carboxylic acids is 1. The Morgan fingerprint density at radius 3 is 2.33 bits per heavy atom. The van der Waals surface area contributed by atoms with Crippen LogP contribution in [0.2, 0.25) is 5.02 Å². The summed E-state index contributed by atoms with van der Waals surface area (Å²) in [7, 11) is 0. The van der Waals surface area contributed by atoms with Gasteiger partial charge in [0.25, 0.3) is 0 Å². The molecule has 3 aromatic rings. The largest absolute Gasteiger partial charge is 0.415 e. The number of rotatable bonds is 6. The van der Waals surface area contributed by atoms with Crippen LogP contribution in [-0.4, -0.2) is 41.1 Å². The van der Waals surface area contributed by atoms with E-state index in [1.807, 2.05) is 23.1 Å². The topological polar surface area (TPSA) is 32.8 Å². The summed E-state index contributed by atoms with van der Waals surface area (Å²) in [5.41, 5.74) is 2.42. The maximum absolute atomic E-state index is 13.3. The molecule has 2 aliphatic rings. The van der Waals surface area contributed by atoms with Gasteiger partial charge in [0.05, 0.1) is 6.04 Å². The van der Waals surface area contributed by atoms with Gasteiger partial charge in [-0.3, -0.25) is 9.80 Å². The smallest absolute Gasteiger partial charge is 0.410 e. The Morgan fingerprint density at radius 2 is 1.67 bits per heavy atom. The van der Waals surface area contributed by atoms with Crippen LogP contribution in [0.25, 0.3) is 0 Å². The van der Waals surface area contributed by atoms with Gasteiger partial charge in [-0.2, -0.15) is 0 Å². The van der Waals surface area contributed by atoms with Crippen LogP contribution in [0.1, 0.15) is 29.9 Å². The number of carbonyl (C=O) groups is 1. The van der Waals surface area contributed by atoms with Gasteiger partial charge >= 0.3 is 6.09 Å². The molecule has 2 atom stereocenters. The van der Waals surface area contributed by atoms with E-state index in [0.29, 0.717) is 10.8 Å². The van der Waals surface area contributed by atoms with Crippen molar-refractivity contribution in [2.75, 3.05) is 13.1 Å². The maximum atomic E-state index is 13.3. The third kappa shape index (κ3) is 5.21. The molecule has 1 heterocycles. The summed E-state index contributed by atoms with van der Waals surface area (Å²) >= 11 is 6.14. The second-order valence-corrected chi connectivity index (χ2v) is 9.30. The fraction of sp³-hybridized carbons (Fsp3) is 0.296. The van der Waals surface area contributed by atoms with Crippen molar-refractivity contribution in [2.24, 2.45) is 0 Å². The lowest BCUT2D eigenvalue weighted by Crippen LogP contribution is -2.47. The normalized spacial score (nSPS) is 20.5. The van der Waals surface area contributed by atoms with Gasteiger partial charge in [0.2, 0.25) is 0 Å². The van der Waals surface area contributed by atoms with Crippen molar-refractivity contribution in [3.63, 3.8) is 0 Å². The zero-order valence-electron chi connectivity index (χ0n) is 18.2. The Balaban J connectivity index is 1.41. The summed E-state index contributed by atoms with van der Waals surface area (Å²) in [4.78, 5) is 17.7. The lowest BCUT2D eigenvalue weighted by atomic mass is 9.93. The average Bonchev–Trinajstić information content (AvgIpc) is 3.57. The summed E-state index contributed by atoms with van der Waals surface area (Å²) in [6.07, 6.45) is 1.58. The van der Waals surface area contributed by atoms with E-state index in [2.05, 4.69) is 41.3 Å². The van der Waals surface area contributed by atoms with Gasteiger partial charge in [0.1, 0.15) is 11.6 Å². The van der Waals surface area contributed by atoms with E-state index in [4.69, 9.17) is 16.3 Å². The quantitative estimate of drug-likeness (QED) is 0.441. The lowest BCUT2D eigenvalue weighted by molar-refractivity contribution is 0.123. The predicted octanol–water partition coefficient (Wildman–Crippen LogP) is 6.11. The molecule has 0 radical (unpaired) electrons. The number of ether oxygens (including phenoxy) is 1. The van der Waals surface area contributed by atoms with Crippen LogP contribution in [-0.2, 0) is 6.54 Å². The Labute approximate surface area is 198 Å². The Hall–Kier alpha value is -2.89. The third-order valence-electron chi connectivity index (χ3n) is 6.44. The molecule has 33 heavy (non-hydrogen) atoms. The first-order valence-corrected chi connectivity index (χ1v) is 11.7. The zero-order valence-corrected chi connectivity index (χ0v) is 19.0. The highest BCUT2D eigenvalue weighted by Gasteiger charge is 2.46. The SMILES string of the molecule is O=C(Oc1ccc(F)cc1)N(C1CC1)C1CN(Cc2ccccc2)CC1c1ccc(Cl)cc1. The van der Waals surface area contributed by atoms with Crippen LogP contribution in [0.3, 0.4) is 0 Å². The number of amides is 1. The molecule has 3 aromatic carbocycles. The molecule has 5 rings (SSSR count). The summed E-state index contributed by atoms with van der Waals surface area (Å²) in [5.74, 6) is 0.144. The third-order valence-corrected chi connectivity index (χ3v) is 6.69. The van der Waals surface area contributed by atoms with Crippen molar-refractivity contribution in [3.8, 4) is 5.75 Å². The molecule has 0 bridgehead atoms. The first-order chi connectivity index (χ1) is 16.1. The highest BCUT2D eigenvalue weighted by atomic mass is 35.5. The van der Waals surface area contributed by atoms with Gasteiger partial charge in [-0.25, -0.2) is 9.18 Å². The Kier molecular flexibility index (Phi) is 6.34. The summed E-state index contributed by atoms with van der Waals surface area (Å²) in [6.45, 7) is 2.43. The fourth-order valence-corrected chi connectivity index (χ4v) is 4.85. The number of likely N-dealkylation sites (tertiary alicyclic amines) is 1. The summed E-state index contributed by atoms with van der Waals surface area (Å²) in [6, 6.07) is 24.1. The minimum Gasteiger partial charge on any atom is -0.410 e. The van der Waals surface area contributed by atoms with E-state index in [1.165, 1.54) is 35.4 Å². The monoisotopic (exact) mass is 464 g/mol. The molecule has 1 aliphatic heterocycles. The summed E-state index contributed by atoms with van der Waals surface area (Å²) < 4.78 is 19.0. The van der Waals surface area contributed by atoms with Crippen molar-refractivity contribution >= 4 is 17.7 Å². The van der Waals surface area contributed by atoms with Crippen molar-refractivity contribution in [2.45, 2.75) is 37.4 Å². The molecule has 1 saturated carbocycles. The molecule has 6 heteroatoms. The summed E-state index contributed by atoms with van der Waals surface area (Å²) in [5, 5.41) is 0.698. The molecule has 0 N–H and O–H groups in total. The first-order valence-electron chi connectivity index (χ1n) is 11.3. The Bertz CT molecular complexity index is 1090. The second-order valence-electron chi connectivity index (χ2n) is 8.87. The molecular weight excluding hydrogens is 439 g/mol. The van der Waals surface area contributed by atoms with Crippen LogP contribution < -0.4 is 4.74 Å². The number of hydrogen-bond acceptors (Lipinski definition) is 3. The molecule has 0 spiro atoms. The second kappa shape index (κ2) is 9.54. The number of benzene rings is 3. The molecule has 4 nitrogen and oxygen atoms in total. The van der Waals surface area contributed by atoms with E-state index in [9.17, 15) is 9.18 Å². The van der Waals surface area contributed by atoms with E-state index in [-0.39, 0.29) is 29.9 Å². The Morgan fingerprint density at radius 1 is 0.970 bits per heavy atom. The van der Waals surface area contributed by atoms with E-state index in [1.54, 1.807) is 0 Å². The van der Waals surface area contributed by atoms with E-state index >= 15 is 0 Å². The van der Waals surface area contributed by atoms with Crippen LogP contribution in [0, 0.1) is 5.82 Å². The fourth-order valence-electron chi connectivity index (χ4n) is 4.72. The van der Waals surface area contributed by atoms with Gasteiger partial charge in [-0.15, -0.1) is 0 Å². The van der Waals surface area contributed by atoms with E-state index < -0.39 is 0 Å². The maximum Gasteiger partial charge on any atom is 0.415 e. The van der Waals surface area contributed by atoms with Crippen LogP contribution >= 0.6 is 11.6 Å². The van der Waals surface area contributed by atoms with Crippen molar-refractivity contribution < 1.29 is 13.9 Å². The van der Waals surface area contributed by atoms with Gasteiger partial charge < -0.3 is 4.74 Å². The lowest BCUT2D eigenvalue weighted by Gasteiger charge is -2.32. The van der Waals surface area contributed by atoms with Crippen molar-refractivity contribution in [1.29, 1.82) is 0 Å². The molecule has 170 valence electrons. The van der Waals surface area contributed by atoms with E-state index in [0.717, 1.165) is 32.5 Å². The first kappa shape index (κ1) is 21.9. The van der Waals surface area contributed by atoms with Crippen LogP contribution in [0.15, 0.2) is 78.9 Å². The minimum atomic E-state index is -0.366. The zero-order chi connectivity index (χ0) is 22.8. The molecule has 2 unspecified atom stereocenters. The van der Waals surface area contributed by atoms with Gasteiger partial charge in [-0.1, -0.05) is 54.1 Å². The standard InChI is InChI=1S/C27H26ClFN2O2/c28-21-8-6-20(7-9-21)25-17-30(16-19-4-2-1-3-5-19)18-26(25)31(23-12-13-23)27(32)33-24-14-10-22(29)11-15-24/h1-11,14-15,23,25-26H,12-13,16-18H2. The predicted molar refractivity (Wildman–Crippen MR) is 127 cm³/mol. The minimum absolute atomic E-state index is 0.0182. The van der Waals surface area contributed by atoms with Gasteiger partial charge in [0.15, 0.2) is 0 Å². The van der Waals surface area contributed by atoms with Crippen LogP contribution in [0.4, 0.5) is 9.18 Å². The molecule has 1 amide bonds. The number of halogens is 2. The number of nitrogens with zero attached hydrogens (tertiary/aromatic N) is 2. The van der Waals surface area contributed by atoms with Crippen LogP contribution in [0.5, 0.6) is 5.75 Å².